The van der Waals surface area contributed by atoms with Crippen LogP contribution < -0.4 is 0 Å². The fourth-order valence-corrected chi connectivity index (χ4v) is 4.47. The lowest BCUT2D eigenvalue weighted by Gasteiger charge is -1.98. The Labute approximate surface area is 292 Å². The van der Waals surface area contributed by atoms with Crippen molar-refractivity contribution in [1.29, 1.82) is 0 Å². The molecule has 3 N–H and O–H groups in total. The molecule has 8 heterocycles. The maximum Gasteiger partial charge on any atom is 0.356 e. The van der Waals surface area contributed by atoms with E-state index in [2.05, 4.69) is 59.3 Å². The number of carbonyl (C=O) groups is 3. The summed E-state index contributed by atoms with van der Waals surface area (Å²) in [6.07, 6.45) is 6.40. The molecule has 0 aliphatic heterocycles. The molecule has 0 bridgehead atoms. The van der Waals surface area contributed by atoms with Gasteiger partial charge in [-0.05, 0) is 48.5 Å². The van der Waals surface area contributed by atoms with Gasteiger partial charge in [-0.1, -0.05) is 0 Å². The number of pyridine rings is 4. The van der Waals surface area contributed by atoms with Crippen molar-refractivity contribution in [3.8, 4) is 0 Å². The topological polar surface area (TPSA) is 234 Å². The highest BCUT2D eigenvalue weighted by atomic mass is 35.5. The summed E-state index contributed by atoms with van der Waals surface area (Å²) in [6, 6.07) is 13.6. The van der Waals surface area contributed by atoms with Gasteiger partial charge in [0.1, 0.15) is 11.0 Å². The molecule has 0 spiro atoms. The van der Waals surface area contributed by atoms with E-state index in [1.54, 1.807) is 47.6 Å². The Balaban J connectivity index is 0.000000132. The largest absolute Gasteiger partial charge is 0.477 e. The average molecular weight is 713 g/mol. The second-order valence-corrected chi connectivity index (χ2v) is 10.5. The average Bonchev–Trinajstić information content (AvgIpc) is 3.98. The Kier molecular flexibility index (Phi) is 11.2. The van der Waals surface area contributed by atoms with Crippen LogP contribution in [0.4, 0.5) is 0 Å². The second kappa shape index (κ2) is 16.1. The van der Waals surface area contributed by atoms with E-state index in [0.717, 1.165) is 33.4 Å². The summed E-state index contributed by atoms with van der Waals surface area (Å²) in [5.74, 6) is -1.49. The molecule has 8 aromatic rings. The highest BCUT2D eigenvalue weighted by Crippen LogP contribution is 2.12. The molecule has 0 aliphatic carbocycles. The first kappa shape index (κ1) is 35.5. The molecule has 0 aromatic carbocycles. The van der Waals surface area contributed by atoms with Gasteiger partial charge in [0.15, 0.2) is 39.7 Å². The van der Waals surface area contributed by atoms with Gasteiger partial charge in [-0.25, -0.2) is 54.3 Å². The molecule has 0 radical (unpaired) electrons. The number of esters is 2. The van der Waals surface area contributed by atoms with Crippen molar-refractivity contribution in [2.45, 2.75) is 5.88 Å². The number of aryl methyl sites for hydroxylation is 2. The van der Waals surface area contributed by atoms with E-state index in [-0.39, 0.29) is 11.4 Å². The van der Waals surface area contributed by atoms with Crippen molar-refractivity contribution in [3.63, 3.8) is 0 Å². The van der Waals surface area contributed by atoms with Gasteiger partial charge in [-0.3, -0.25) is 0 Å². The zero-order chi connectivity index (χ0) is 36.5. The first-order valence-electron chi connectivity index (χ1n) is 14.7. The van der Waals surface area contributed by atoms with Crippen molar-refractivity contribution >= 4 is 74.2 Å². The minimum Gasteiger partial charge on any atom is -0.477 e. The number of fused-ring (bicyclic) bond motifs is 4. The molecule has 19 heteroatoms. The smallest absolute Gasteiger partial charge is 0.356 e. The van der Waals surface area contributed by atoms with E-state index in [0.29, 0.717) is 28.5 Å². The van der Waals surface area contributed by atoms with Crippen LogP contribution in [-0.4, -0.2) is 96.2 Å². The Morgan fingerprint density at radius 1 is 0.667 bits per heavy atom. The number of carboxylic acids is 1. The van der Waals surface area contributed by atoms with Gasteiger partial charge < -0.3 is 33.7 Å². The van der Waals surface area contributed by atoms with E-state index >= 15 is 0 Å². The van der Waals surface area contributed by atoms with Crippen LogP contribution in [0.2, 0.25) is 0 Å². The third-order valence-electron chi connectivity index (χ3n) is 6.88. The predicted octanol–water partition coefficient (Wildman–Crippen LogP) is 3.86. The zero-order valence-electron chi connectivity index (χ0n) is 27.5. The zero-order valence-corrected chi connectivity index (χ0v) is 28.2. The first-order chi connectivity index (χ1) is 24.6. The number of hydrogen-bond acceptors (Lipinski definition) is 13. The van der Waals surface area contributed by atoms with Crippen molar-refractivity contribution in [2.75, 3.05) is 14.2 Å². The van der Waals surface area contributed by atoms with E-state index in [1.807, 2.05) is 30.8 Å². The van der Waals surface area contributed by atoms with Crippen LogP contribution in [0.3, 0.4) is 0 Å². The summed E-state index contributed by atoms with van der Waals surface area (Å²) >= 11 is 5.65. The highest BCUT2D eigenvalue weighted by molar-refractivity contribution is 6.16. The highest BCUT2D eigenvalue weighted by Gasteiger charge is 2.10. The number of carboxylic acid groups (broad SMARTS) is 1. The molecule has 8 aromatic heterocycles. The van der Waals surface area contributed by atoms with E-state index in [4.69, 9.17) is 16.7 Å². The Morgan fingerprint density at radius 2 is 1.14 bits per heavy atom. The number of aromatic carboxylic acids is 1. The molecule has 0 saturated carbocycles. The van der Waals surface area contributed by atoms with Gasteiger partial charge in [0.05, 0.1) is 62.1 Å². The van der Waals surface area contributed by atoms with Crippen LogP contribution in [-0.2, 0) is 29.4 Å². The summed E-state index contributed by atoms with van der Waals surface area (Å²) in [5, 5.41) is 8.58. The Bertz CT molecular complexity index is 2470. The SMILES string of the molecule is COC(=O)c1ccc2[nH]cnc2n1.COC(=O)c1ccc2ncn(C)c2n1.Cn1cnc2ccc(CCl)nc21.O=C(O)c1ccc2[nH]cnc2n1. The van der Waals surface area contributed by atoms with Crippen molar-refractivity contribution in [1.82, 2.24) is 59.0 Å². The number of imidazole rings is 4. The Hall–Kier alpha value is -6.82. The van der Waals surface area contributed by atoms with E-state index < -0.39 is 17.9 Å². The van der Waals surface area contributed by atoms with Crippen LogP contribution in [0.25, 0.3) is 44.7 Å². The third kappa shape index (κ3) is 8.43. The van der Waals surface area contributed by atoms with Crippen molar-refractivity contribution in [2.24, 2.45) is 14.1 Å². The molecular formula is C32H29ClN12O6. The molecule has 0 aliphatic rings. The van der Waals surface area contributed by atoms with Crippen LogP contribution >= 0.6 is 11.6 Å². The van der Waals surface area contributed by atoms with Crippen LogP contribution in [0.15, 0.2) is 73.8 Å². The molecule has 260 valence electrons. The maximum absolute atomic E-state index is 11.2. The number of ether oxygens (including phenoxy) is 2. The van der Waals surface area contributed by atoms with Gasteiger partial charge in [0.2, 0.25) is 0 Å². The number of rotatable bonds is 4. The van der Waals surface area contributed by atoms with Gasteiger partial charge >= 0.3 is 17.9 Å². The second-order valence-electron chi connectivity index (χ2n) is 10.3. The van der Waals surface area contributed by atoms with Gasteiger partial charge in [0, 0.05) is 14.1 Å². The third-order valence-corrected chi connectivity index (χ3v) is 7.16. The quantitative estimate of drug-likeness (QED) is 0.174. The molecule has 8 rings (SSSR count). The number of nitrogens with one attached hydrogen (secondary N) is 2. The molecule has 0 unspecified atom stereocenters. The van der Waals surface area contributed by atoms with Crippen LogP contribution in [0, 0.1) is 0 Å². The maximum atomic E-state index is 11.2. The molecular weight excluding hydrogens is 684 g/mol. The van der Waals surface area contributed by atoms with Gasteiger partial charge in [-0.15, -0.1) is 11.6 Å². The number of halogens is 1. The number of H-pyrrole nitrogens is 2. The summed E-state index contributed by atoms with van der Waals surface area (Å²) < 4.78 is 12.7. The van der Waals surface area contributed by atoms with Crippen LogP contribution in [0.1, 0.15) is 37.2 Å². The fraction of sp³-hybridized carbons (Fsp3) is 0.156. The number of aromatic nitrogens is 12. The minimum absolute atomic E-state index is 0.00889. The molecule has 0 atom stereocenters. The first-order valence-corrected chi connectivity index (χ1v) is 15.3. The Morgan fingerprint density at radius 3 is 1.67 bits per heavy atom. The molecule has 0 amide bonds. The van der Waals surface area contributed by atoms with E-state index in [1.165, 1.54) is 32.9 Å². The molecule has 18 nitrogen and oxygen atoms in total. The summed E-state index contributed by atoms with van der Waals surface area (Å²) in [7, 11) is 6.39. The lowest BCUT2D eigenvalue weighted by atomic mass is 10.3. The van der Waals surface area contributed by atoms with Gasteiger partial charge in [0.25, 0.3) is 0 Å². The number of alkyl halides is 1. The normalized spacial score (nSPS) is 10.5. The fourth-order valence-electron chi connectivity index (χ4n) is 4.32. The molecule has 0 saturated heterocycles. The molecule has 0 fully saturated rings. The molecule has 51 heavy (non-hydrogen) atoms. The summed E-state index contributed by atoms with van der Waals surface area (Å²) in [6.45, 7) is 0. The van der Waals surface area contributed by atoms with Gasteiger partial charge in [-0.2, -0.15) is 0 Å². The monoisotopic (exact) mass is 712 g/mol. The number of hydrogen-bond donors (Lipinski definition) is 3. The summed E-state index contributed by atoms with van der Waals surface area (Å²) in [4.78, 5) is 70.6. The minimum atomic E-state index is -1.04. The van der Waals surface area contributed by atoms with E-state index in [9.17, 15) is 14.4 Å². The van der Waals surface area contributed by atoms with Crippen molar-refractivity contribution < 1.29 is 29.0 Å². The van der Waals surface area contributed by atoms with Crippen molar-refractivity contribution in [3.05, 3.63) is 96.6 Å². The predicted molar refractivity (Wildman–Crippen MR) is 184 cm³/mol. The number of methoxy groups -OCH3 is 2. The summed E-state index contributed by atoms with van der Waals surface area (Å²) in [5.41, 5.74) is 7.16. The van der Waals surface area contributed by atoms with Crippen LogP contribution in [0.5, 0.6) is 0 Å². The number of aromatic amines is 2. The number of nitrogens with zero attached hydrogens (tertiary/aromatic N) is 10. The lowest BCUT2D eigenvalue weighted by molar-refractivity contribution is 0.0585. The lowest BCUT2D eigenvalue weighted by Crippen LogP contribution is -2.04. The number of carbonyl (C=O) groups excluding carboxylic acids is 2. The standard InChI is InChI=1S/C9H9N3O2.C8H8ClN3.C8H7N3O2.C7H5N3O2/c1-12-5-10-6-3-4-7(9(13)14-2)11-8(6)12;1-12-5-10-7-3-2-6(4-9)11-8(7)12;1-13-8(12)6-3-2-5-7(11-6)10-4-9-5;11-7(12)5-2-1-4-6(10-5)9-3-8-4/h3-5H,1-2H3;2-3,5H,4H2,1H3;2-4H,1H3,(H,9,10,11);1-3H,(H,11,12)(H,8,9,10).